The van der Waals surface area contributed by atoms with Crippen LogP contribution in [0.2, 0.25) is 0 Å². The molecule has 108 valence electrons. The first-order chi connectivity index (χ1) is 9.29. The molecule has 7 nitrogen and oxygen atoms in total. The Morgan fingerprint density at radius 2 is 1.85 bits per heavy atom. The molecule has 0 saturated carbocycles. The van der Waals surface area contributed by atoms with Crippen LogP contribution in [0.15, 0.2) is 18.2 Å². The van der Waals surface area contributed by atoms with Crippen LogP contribution in [0.4, 0.5) is 4.39 Å². The molecule has 2 amide bonds. The minimum absolute atomic E-state index is 0.0591. The van der Waals surface area contributed by atoms with Crippen LogP contribution in [0.25, 0.3) is 0 Å². The maximum absolute atomic E-state index is 13.6. The van der Waals surface area contributed by atoms with Crippen LogP contribution in [-0.2, 0) is 16.1 Å². The number of aliphatic carboxylic acids is 1. The van der Waals surface area contributed by atoms with E-state index in [1.54, 1.807) is 0 Å². The minimum Gasteiger partial charge on any atom is -0.480 e. The first-order valence-corrected chi connectivity index (χ1v) is 5.60. The molecule has 0 heterocycles. The molecule has 0 aromatic heterocycles. The Morgan fingerprint density at radius 1 is 1.20 bits per heavy atom. The van der Waals surface area contributed by atoms with Crippen molar-refractivity contribution in [1.82, 2.24) is 4.90 Å². The van der Waals surface area contributed by atoms with Crippen molar-refractivity contribution >= 4 is 17.8 Å². The molecule has 0 unspecified atom stereocenters. The molecule has 5 N–H and O–H groups in total. The van der Waals surface area contributed by atoms with Gasteiger partial charge in [-0.15, -0.1) is 0 Å². The fourth-order valence-electron chi connectivity index (χ4n) is 1.67. The minimum atomic E-state index is -1.18. The van der Waals surface area contributed by atoms with Gasteiger partial charge in [-0.05, 0) is 18.2 Å². The van der Waals surface area contributed by atoms with Gasteiger partial charge in [-0.2, -0.15) is 0 Å². The van der Waals surface area contributed by atoms with Crippen LogP contribution in [0.1, 0.15) is 15.9 Å². The average Bonchev–Trinajstić information content (AvgIpc) is 2.29. The molecule has 8 heteroatoms. The Balaban J connectivity index is 2.96. The van der Waals surface area contributed by atoms with E-state index in [-0.39, 0.29) is 24.2 Å². The van der Waals surface area contributed by atoms with Gasteiger partial charge < -0.3 is 16.6 Å². The van der Waals surface area contributed by atoms with Gasteiger partial charge in [0, 0.05) is 17.7 Å². The van der Waals surface area contributed by atoms with Crippen molar-refractivity contribution in [3.8, 4) is 0 Å². The molecule has 0 atom stereocenters. The Kier molecular flexibility index (Phi) is 5.15. The largest absolute Gasteiger partial charge is 0.480 e. The molecule has 20 heavy (non-hydrogen) atoms. The van der Waals surface area contributed by atoms with Crippen molar-refractivity contribution in [3.05, 3.63) is 35.1 Å². The molecule has 0 aliphatic heterocycles. The van der Waals surface area contributed by atoms with Crippen molar-refractivity contribution in [1.29, 1.82) is 0 Å². The number of carbonyl (C=O) groups is 3. The average molecular weight is 283 g/mol. The summed E-state index contributed by atoms with van der Waals surface area (Å²) in [6.45, 7) is -1.00. The highest BCUT2D eigenvalue weighted by Crippen LogP contribution is 2.13. The normalized spacial score (nSPS) is 10.5. The third-order valence-electron chi connectivity index (χ3n) is 2.46. The number of halogens is 1. The molecule has 0 aliphatic rings. The third-order valence-corrected chi connectivity index (χ3v) is 2.46. The van der Waals surface area contributed by atoms with Crippen molar-refractivity contribution < 1.29 is 23.9 Å². The fourth-order valence-corrected chi connectivity index (χ4v) is 1.67. The maximum atomic E-state index is 13.6. The van der Waals surface area contributed by atoms with Crippen LogP contribution in [-0.4, -0.2) is 40.9 Å². The number of rotatable bonds is 7. The molecular weight excluding hydrogens is 269 g/mol. The summed E-state index contributed by atoms with van der Waals surface area (Å²) in [5, 5.41) is 8.73. The zero-order valence-corrected chi connectivity index (χ0v) is 10.5. The van der Waals surface area contributed by atoms with E-state index in [1.807, 2.05) is 0 Å². The van der Waals surface area contributed by atoms with Gasteiger partial charge in [0.05, 0.1) is 13.1 Å². The number of benzene rings is 1. The van der Waals surface area contributed by atoms with E-state index >= 15 is 0 Å². The van der Waals surface area contributed by atoms with Crippen LogP contribution in [0.5, 0.6) is 0 Å². The lowest BCUT2D eigenvalue weighted by Crippen LogP contribution is -2.37. The summed E-state index contributed by atoms with van der Waals surface area (Å²) in [7, 11) is 0. The van der Waals surface area contributed by atoms with Crippen LogP contribution in [0.3, 0.4) is 0 Å². The monoisotopic (exact) mass is 283 g/mol. The van der Waals surface area contributed by atoms with Gasteiger partial charge in [0.25, 0.3) is 0 Å². The van der Waals surface area contributed by atoms with E-state index in [1.165, 1.54) is 12.1 Å². The Morgan fingerprint density at radius 3 is 2.35 bits per heavy atom. The van der Waals surface area contributed by atoms with Crippen molar-refractivity contribution in [2.75, 3.05) is 13.1 Å². The lowest BCUT2D eigenvalue weighted by Gasteiger charge is -2.19. The summed E-state index contributed by atoms with van der Waals surface area (Å²) < 4.78 is 13.6. The fraction of sp³-hybridized carbons (Fsp3) is 0.250. The molecule has 0 fully saturated rings. The van der Waals surface area contributed by atoms with Gasteiger partial charge >= 0.3 is 5.97 Å². The number of carboxylic acid groups (broad SMARTS) is 1. The maximum Gasteiger partial charge on any atom is 0.317 e. The number of primary amides is 2. The molecular formula is C12H14FN3O4. The van der Waals surface area contributed by atoms with Gasteiger partial charge in [-0.25, -0.2) is 4.39 Å². The SMILES string of the molecule is NC(=O)CN(CC(=O)O)Cc1cc(C(N)=O)ccc1F. The summed E-state index contributed by atoms with van der Waals surface area (Å²) in [6.07, 6.45) is 0. The summed E-state index contributed by atoms with van der Waals surface area (Å²) in [4.78, 5) is 33.7. The molecule has 0 bridgehead atoms. The zero-order valence-electron chi connectivity index (χ0n) is 10.5. The second kappa shape index (κ2) is 6.62. The number of amides is 2. The van der Waals surface area contributed by atoms with E-state index in [0.717, 1.165) is 11.0 Å². The molecule has 1 aromatic carbocycles. The van der Waals surface area contributed by atoms with Crippen LogP contribution < -0.4 is 11.5 Å². The van der Waals surface area contributed by atoms with Gasteiger partial charge in [0.15, 0.2) is 0 Å². The lowest BCUT2D eigenvalue weighted by atomic mass is 10.1. The number of nitrogens with two attached hydrogens (primary N) is 2. The Bertz CT molecular complexity index is 532. The van der Waals surface area contributed by atoms with Gasteiger partial charge in [0.2, 0.25) is 11.8 Å². The number of carbonyl (C=O) groups excluding carboxylic acids is 2. The van der Waals surface area contributed by atoms with E-state index in [0.29, 0.717) is 0 Å². The van der Waals surface area contributed by atoms with Gasteiger partial charge in [-0.1, -0.05) is 0 Å². The van der Waals surface area contributed by atoms with Gasteiger partial charge in [0.1, 0.15) is 5.82 Å². The van der Waals surface area contributed by atoms with E-state index in [4.69, 9.17) is 16.6 Å². The quantitative estimate of drug-likeness (QED) is 0.609. The lowest BCUT2D eigenvalue weighted by molar-refractivity contribution is -0.138. The first-order valence-electron chi connectivity index (χ1n) is 5.60. The summed E-state index contributed by atoms with van der Waals surface area (Å²) in [5.41, 5.74) is 10.2. The highest BCUT2D eigenvalue weighted by atomic mass is 19.1. The first kappa shape index (κ1) is 15.6. The highest BCUT2D eigenvalue weighted by Gasteiger charge is 2.16. The number of nitrogens with zero attached hydrogens (tertiary/aromatic N) is 1. The molecule has 0 aliphatic carbocycles. The predicted octanol–water partition coefficient (Wildman–Crippen LogP) is -0.703. The van der Waals surface area contributed by atoms with Gasteiger partial charge in [-0.3, -0.25) is 19.3 Å². The standard InChI is InChI=1S/C12H14FN3O4/c13-9-2-1-7(12(15)20)3-8(9)4-16(5-10(14)17)6-11(18)19/h1-3H,4-6H2,(H2,14,17)(H2,15,20)(H,18,19). The van der Waals surface area contributed by atoms with Crippen LogP contribution >= 0.6 is 0 Å². The summed E-state index contributed by atoms with van der Waals surface area (Å²) >= 11 is 0. The molecule has 0 spiro atoms. The molecule has 1 rings (SSSR count). The topological polar surface area (TPSA) is 127 Å². The second-order valence-corrected chi connectivity index (χ2v) is 4.18. The summed E-state index contributed by atoms with van der Waals surface area (Å²) in [6, 6.07) is 3.49. The Labute approximate surface area is 114 Å². The Hall–Kier alpha value is -2.48. The number of hydrogen-bond donors (Lipinski definition) is 3. The number of carboxylic acids is 1. The molecule has 1 aromatic rings. The highest BCUT2D eigenvalue weighted by molar-refractivity contribution is 5.92. The van der Waals surface area contributed by atoms with E-state index in [2.05, 4.69) is 0 Å². The molecule has 0 radical (unpaired) electrons. The van der Waals surface area contributed by atoms with E-state index < -0.39 is 30.1 Å². The number of hydrogen-bond acceptors (Lipinski definition) is 4. The smallest absolute Gasteiger partial charge is 0.317 e. The van der Waals surface area contributed by atoms with Crippen LogP contribution in [0, 0.1) is 5.82 Å². The second-order valence-electron chi connectivity index (χ2n) is 4.18. The zero-order chi connectivity index (χ0) is 15.3. The molecule has 0 saturated heterocycles. The van der Waals surface area contributed by atoms with Crippen molar-refractivity contribution in [2.24, 2.45) is 11.5 Å². The summed E-state index contributed by atoms with van der Waals surface area (Å²) in [5.74, 6) is -3.28. The predicted molar refractivity (Wildman–Crippen MR) is 67.0 cm³/mol. The van der Waals surface area contributed by atoms with E-state index in [9.17, 15) is 18.8 Å². The van der Waals surface area contributed by atoms with Crippen molar-refractivity contribution in [3.63, 3.8) is 0 Å². The van der Waals surface area contributed by atoms with Crippen molar-refractivity contribution in [2.45, 2.75) is 6.54 Å². The third kappa shape index (κ3) is 4.65.